The van der Waals surface area contributed by atoms with Crippen molar-refractivity contribution in [2.24, 2.45) is 0 Å². The Labute approximate surface area is 153 Å². The van der Waals surface area contributed by atoms with Gasteiger partial charge in [0.2, 0.25) is 5.91 Å². The van der Waals surface area contributed by atoms with Gasteiger partial charge in [-0.3, -0.25) is 4.79 Å². The number of pyridine rings is 1. The van der Waals surface area contributed by atoms with Crippen molar-refractivity contribution >= 4 is 28.6 Å². The van der Waals surface area contributed by atoms with Gasteiger partial charge in [-0.25, -0.2) is 9.78 Å². The van der Waals surface area contributed by atoms with Crippen LogP contribution in [0.5, 0.6) is 0 Å². The molecule has 0 saturated carbocycles. The number of aliphatic carboxylic acids is 1. The predicted octanol–water partition coefficient (Wildman–Crippen LogP) is 1.77. The van der Waals surface area contributed by atoms with E-state index in [0.29, 0.717) is 12.4 Å². The van der Waals surface area contributed by atoms with E-state index in [0.717, 1.165) is 29.4 Å². The summed E-state index contributed by atoms with van der Waals surface area (Å²) in [5.74, 6) is -2.07. The van der Waals surface area contributed by atoms with Gasteiger partial charge in [-0.2, -0.15) is 13.2 Å². The number of aromatic nitrogens is 1. The number of rotatable bonds is 3. The Morgan fingerprint density at radius 2 is 2.04 bits per heavy atom. The first-order valence-electron chi connectivity index (χ1n) is 8.03. The van der Waals surface area contributed by atoms with Crippen LogP contribution in [-0.2, 0) is 16.1 Å². The van der Waals surface area contributed by atoms with Crippen molar-refractivity contribution in [1.29, 1.82) is 0 Å². The molecule has 1 saturated heterocycles. The molecule has 1 amide bonds. The van der Waals surface area contributed by atoms with Crippen molar-refractivity contribution in [3.05, 3.63) is 35.9 Å². The quantitative estimate of drug-likeness (QED) is 0.744. The molecule has 0 bridgehead atoms. The average molecular weight is 384 g/mol. The molecule has 7 nitrogen and oxygen atoms in total. The minimum Gasteiger partial charge on any atom is -0.475 e. The molecule has 1 aliphatic rings. The maximum absolute atomic E-state index is 12.2. The van der Waals surface area contributed by atoms with Crippen molar-refractivity contribution in [2.75, 3.05) is 19.3 Å². The van der Waals surface area contributed by atoms with Gasteiger partial charge in [-0.15, -0.1) is 0 Å². The number of nitrogens with zero attached hydrogens (tertiary/aromatic N) is 2. The number of hydrogen-bond donors (Lipinski definition) is 3. The first kappa shape index (κ1) is 20.4. The SMILES string of the molecule is CN[C@H]1CCN(Cc2cccc3nc(N)ccc23)C1=O.O=C(O)C(F)(F)F. The van der Waals surface area contributed by atoms with Crippen molar-refractivity contribution in [3.63, 3.8) is 0 Å². The summed E-state index contributed by atoms with van der Waals surface area (Å²) in [4.78, 5) is 27.3. The molecule has 1 atom stereocenters. The number of carboxylic acids is 1. The van der Waals surface area contributed by atoms with Crippen LogP contribution < -0.4 is 11.1 Å². The molecular weight excluding hydrogens is 365 g/mol. The number of alkyl halides is 3. The number of likely N-dealkylation sites (tertiary alicyclic amines) is 1. The van der Waals surface area contributed by atoms with Gasteiger partial charge >= 0.3 is 12.1 Å². The number of carbonyl (C=O) groups is 2. The maximum atomic E-state index is 12.2. The second kappa shape index (κ2) is 8.21. The van der Waals surface area contributed by atoms with E-state index in [1.807, 2.05) is 36.2 Å². The lowest BCUT2D eigenvalue weighted by Crippen LogP contribution is -2.35. The fourth-order valence-corrected chi connectivity index (χ4v) is 2.74. The topological polar surface area (TPSA) is 109 Å². The minimum atomic E-state index is -5.08. The van der Waals surface area contributed by atoms with Crippen LogP contribution in [0.2, 0.25) is 0 Å². The van der Waals surface area contributed by atoms with Crippen molar-refractivity contribution in [2.45, 2.75) is 25.2 Å². The Hall–Kier alpha value is -2.88. The Balaban J connectivity index is 0.000000321. The average Bonchev–Trinajstić information content (AvgIpc) is 2.94. The fourth-order valence-electron chi connectivity index (χ4n) is 2.74. The number of nitrogen functional groups attached to an aromatic ring is 1. The molecule has 0 aliphatic carbocycles. The van der Waals surface area contributed by atoms with Gasteiger partial charge in [-0.1, -0.05) is 12.1 Å². The molecule has 0 unspecified atom stereocenters. The van der Waals surface area contributed by atoms with Crippen LogP contribution in [0.4, 0.5) is 19.0 Å². The van der Waals surface area contributed by atoms with Gasteiger partial charge < -0.3 is 21.1 Å². The molecule has 1 aliphatic heterocycles. The monoisotopic (exact) mass is 384 g/mol. The summed E-state index contributed by atoms with van der Waals surface area (Å²) in [6.45, 7) is 1.42. The number of benzene rings is 1. The molecule has 0 spiro atoms. The molecule has 2 aromatic rings. The Morgan fingerprint density at radius 3 is 2.59 bits per heavy atom. The molecule has 27 heavy (non-hydrogen) atoms. The normalized spacial score (nSPS) is 17.0. The summed E-state index contributed by atoms with van der Waals surface area (Å²) >= 11 is 0. The lowest BCUT2D eigenvalue weighted by atomic mass is 10.1. The second-order valence-corrected chi connectivity index (χ2v) is 5.91. The number of hydrogen-bond acceptors (Lipinski definition) is 5. The maximum Gasteiger partial charge on any atom is 0.490 e. The molecule has 1 aromatic carbocycles. The molecule has 10 heteroatoms. The van der Waals surface area contributed by atoms with Crippen LogP contribution in [0.3, 0.4) is 0 Å². The van der Waals surface area contributed by atoms with E-state index in [1.54, 1.807) is 6.07 Å². The third-order valence-corrected chi connectivity index (χ3v) is 4.09. The minimum absolute atomic E-state index is 0.0428. The smallest absolute Gasteiger partial charge is 0.475 e. The fraction of sp³-hybridized carbons (Fsp3) is 0.353. The summed E-state index contributed by atoms with van der Waals surface area (Å²) in [6.07, 6.45) is -4.22. The Bertz CT molecular complexity index is 842. The van der Waals surface area contributed by atoms with E-state index in [1.165, 1.54) is 0 Å². The summed E-state index contributed by atoms with van der Waals surface area (Å²) < 4.78 is 31.7. The molecule has 2 heterocycles. The number of fused-ring (bicyclic) bond motifs is 1. The van der Waals surface area contributed by atoms with Crippen molar-refractivity contribution < 1.29 is 27.9 Å². The number of nitrogens with two attached hydrogens (primary N) is 1. The van der Waals surface area contributed by atoms with Gasteiger partial charge in [0.25, 0.3) is 0 Å². The van der Waals surface area contributed by atoms with Gasteiger partial charge in [-0.05, 0) is 37.2 Å². The number of anilines is 1. The van der Waals surface area contributed by atoms with Gasteiger partial charge in [0.15, 0.2) is 0 Å². The molecule has 3 rings (SSSR count). The zero-order valence-corrected chi connectivity index (χ0v) is 14.5. The summed E-state index contributed by atoms with van der Waals surface area (Å²) in [5.41, 5.74) is 7.70. The van der Waals surface area contributed by atoms with Crippen molar-refractivity contribution in [3.8, 4) is 0 Å². The summed E-state index contributed by atoms with van der Waals surface area (Å²) in [5, 5.41) is 11.2. The van der Waals surface area contributed by atoms with E-state index in [4.69, 9.17) is 15.6 Å². The molecule has 1 aromatic heterocycles. The van der Waals surface area contributed by atoms with E-state index < -0.39 is 12.1 Å². The molecule has 4 N–H and O–H groups in total. The van der Waals surface area contributed by atoms with Crippen LogP contribution in [0.25, 0.3) is 10.9 Å². The molecular formula is C17H19F3N4O3. The van der Waals surface area contributed by atoms with E-state index in [9.17, 15) is 18.0 Å². The van der Waals surface area contributed by atoms with Gasteiger partial charge in [0.05, 0.1) is 11.6 Å². The van der Waals surface area contributed by atoms with Crippen LogP contribution in [0, 0.1) is 0 Å². The highest BCUT2D eigenvalue weighted by Crippen LogP contribution is 2.22. The van der Waals surface area contributed by atoms with Crippen molar-refractivity contribution in [1.82, 2.24) is 15.2 Å². The number of likely N-dealkylation sites (N-methyl/N-ethyl adjacent to an activating group) is 1. The number of carbonyl (C=O) groups excluding carboxylic acids is 1. The van der Waals surface area contributed by atoms with Crippen LogP contribution >= 0.6 is 0 Å². The highest BCUT2D eigenvalue weighted by Gasteiger charge is 2.38. The van der Waals surface area contributed by atoms with Gasteiger partial charge in [0, 0.05) is 18.5 Å². The van der Waals surface area contributed by atoms with E-state index in [-0.39, 0.29) is 11.9 Å². The molecule has 0 radical (unpaired) electrons. The molecule has 146 valence electrons. The highest BCUT2D eigenvalue weighted by molar-refractivity contribution is 5.86. The lowest BCUT2D eigenvalue weighted by Gasteiger charge is -2.18. The summed E-state index contributed by atoms with van der Waals surface area (Å²) in [7, 11) is 1.83. The third kappa shape index (κ3) is 5.07. The highest BCUT2D eigenvalue weighted by atomic mass is 19.4. The van der Waals surface area contributed by atoms with Crippen LogP contribution in [-0.4, -0.2) is 52.7 Å². The Morgan fingerprint density at radius 1 is 1.37 bits per heavy atom. The first-order valence-corrected chi connectivity index (χ1v) is 8.03. The zero-order chi connectivity index (χ0) is 20.2. The third-order valence-electron chi connectivity index (χ3n) is 4.09. The summed E-state index contributed by atoms with van der Waals surface area (Å²) in [6, 6.07) is 9.67. The number of nitrogens with one attached hydrogen (secondary N) is 1. The zero-order valence-electron chi connectivity index (χ0n) is 14.5. The van der Waals surface area contributed by atoms with Crippen LogP contribution in [0.15, 0.2) is 30.3 Å². The first-order chi connectivity index (χ1) is 12.6. The second-order valence-electron chi connectivity index (χ2n) is 5.91. The largest absolute Gasteiger partial charge is 0.490 e. The number of halogens is 3. The Kier molecular flexibility index (Phi) is 6.21. The lowest BCUT2D eigenvalue weighted by molar-refractivity contribution is -0.192. The van der Waals surface area contributed by atoms with E-state index in [2.05, 4.69) is 10.3 Å². The predicted molar refractivity (Wildman–Crippen MR) is 92.7 cm³/mol. The molecule has 1 fully saturated rings. The standard InChI is InChI=1S/C15H18N4O.C2HF3O2/c1-17-13-7-8-19(15(13)20)9-10-3-2-4-12-11(10)5-6-14(16)18-12;3-2(4,5)1(6)7/h2-6,13,17H,7-9H2,1H3,(H2,16,18);(H,6,7)/t13-;/m0./s1. The van der Waals surface area contributed by atoms with Crippen LogP contribution in [0.1, 0.15) is 12.0 Å². The van der Waals surface area contributed by atoms with E-state index >= 15 is 0 Å². The van der Waals surface area contributed by atoms with Gasteiger partial charge in [0.1, 0.15) is 5.82 Å². The number of amides is 1. The number of carboxylic acid groups (broad SMARTS) is 1.